The summed E-state index contributed by atoms with van der Waals surface area (Å²) in [5, 5.41) is 5.64. The van der Waals surface area contributed by atoms with Crippen LogP contribution in [0.25, 0.3) is 0 Å². The molecule has 178 valence electrons. The van der Waals surface area contributed by atoms with E-state index >= 15 is 0 Å². The van der Waals surface area contributed by atoms with Gasteiger partial charge in [-0.05, 0) is 78.9 Å². The van der Waals surface area contributed by atoms with Gasteiger partial charge in [0.05, 0.1) is 0 Å². The molecule has 0 amide bonds. The zero-order chi connectivity index (χ0) is 23.7. The monoisotopic (exact) mass is 490 g/mol. The molecule has 4 atom stereocenters. The Balaban J connectivity index is 1.68. The Bertz CT molecular complexity index is 1060. The van der Waals surface area contributed by atoms with Crippen LogP contribution in [0.2, 0.25) is 0 Å². The third kappa shape index (κ3) is 4.65. The van der Waals surface area contributed by atoms with E-state index in [0.29, 0.717) is 6.79 Å². The first-order valence-corrected chi connectivity index (χ1v) is 15.8. The first-order valence-electron chi connectivity index (χ1n) is 12.6. The summed E-state index contributed by atoms with van der Waals surface area (Å²) in [5.41, 5.74) is 0.751. The zero-order valence-electron chi connectivity index (χ0n) is 20.8. The van der Waals surface area contributed by atoms with Crippen molar-refractivity contribution in [2.45, 2.75) is 45.7 Å². The minimum atomic E-state index is -0.753. The summed E-state index contributed by atoms with van der Waals surface area (Å²) in [7, 11) is -1.10. The molecule has 5 rings (SSSR count). The highest BCUT2D eigenvalue weighted by atomic mass is 31.1. The van der Waals surface area contributed by atoms with Crippen molar-refractivity contribution in [2.24, 2.45) is 17.8 Å². The van der Waals surface area contributed by atoms with Gasteiger partial charge in [0, 0.05) is 5.30 Å². The summed E-state index contributed by atoms with van der Waals surface area (Å²) in [6.45, 7) is 10.2. The van der Waals surface area contributed by atoms with Crippen LogP contribution in [-0.4, -0.2) is 19.1 Å². The molecule has 1 aliphatic heterocycles. The molecule has 0 spiro atoms. The van der Waals surface area contributed by atoms with Gasteiger partial charge in [0.15, 0.2) is 11.5 Å². The van der Waals surface area contributed by atoms with Crippen LogP contribution < -0.4 is 30.7 Å². The van der Waals surface area contributed by atoms with Crippen molar-refractivity contribution >= 4 is 37.1 Å². The normalized spacial score (nSPS) is 22.8. The molecule has 0 saturated heterocycles. The maximum atomic E-state index is 6.23. The highest BCUT2D eigenvalue weighted by Gasteiger charge is 2.38. The van der Waals surface area contributed by atoms with Gasteiger partial charge in [-0.15, -0.1) is 0 Å². The Morgan fingerprint density at radius 3 is 2.09 bits per heavy atom. The molecule has 0 aromatic heterocycles. The first-order chi connectivity index (χ1) is 16.5. The van der Waals surface area contributed by atoms with Crippen molar-refractivity contribution < 1.29 is 9.47 Å². The third-order valence-electron chi connectivity index (χ3n) is 7.61. The Kier molecular flexibility index (Phi) is 7.29. The number of benzene rings is 3. The molecule has 3 unspecified atom stereocenters. The van der Waals surface area contributed by atoms with Crippen LogP contribution in [-0.2, 0) is 0 Å². The number of hydrogen-bond donors (Lipinski definition) is 0. The van der Waals surface area contributed by atoms with Crippen molar-refractivity contribution in [1.29, 1.82) is 0 Å². The molecule has 34 heavy (non-hydrogen) atoms. The Labute approximate surface area is 207 Å². The molecule has 1 heterocycles. The van der Waals surface area contributed by atoms with Crippen molar-refractivity contribution in [1.82, 2.24) is 0 Å². The highest BCUT2D eigenvalue weighted by Crippen LogP contribution is 2.53. The molecule has 2 nitrogen and oxygen atoms in total. The van der Waals surface area contributed by atoms with E-state index < -0.39 is 7.92 Å². The molecule has 4 heteroatoms. The molecule has 1 saturated carbocycles. The summed E-state index contributed by atoms with van der Waals surface area (Å²) < 4.78 is 12.1. The van der Waals surface area contributed by atoms with Crippen LogP contribution in [0, 0.1) is 17.8 Å². The highest BCUT2D eigenvalue weighted by molar-refractivity contribution is 7.82. The molecular formula is C30H36O2P2. The molecule has 3 aromatic rings. The summed E-state index contributed by atoms with van der Waals surface area (Å²) in [6.07, 6.45) is 4.08. The van der Waals surface area contributed by atoms with Crippen LogP contribution in [0.4, 0.5) is 0 Å². The molecule has 0 radical (unpaired) electrons. The van der Waals surface area contributed by atoms with Gasteiger partial charge in [-0.3, -0.25) is 0 Å². The van der Waals surface area contributed by atoms with Crippen LogP contribution in [0.3, 0.4) is 0 Å². The van der Waals surface area contributed by atoms with Crippen LogP contribution in [0.5, 0.6) is 11.5 Å². The van der Waals surface area contributed by atoms with Gasteiger partial charge < -0.3 is 9.47 Å². The fraction of sp³-hybridized carbons (Fsp3) is 0.400. The largest absolute Gasteiger partial charge is 0.454 e. The average Bonchev–Trinajstić information content (AvgIpc) is 3.34. The van der Waals surface area contributed by atoms with Gasteiger partial charge in [0.25, 0.3) is 0 Å². The predicted molar refractivity (Wildman–Crippen MR) is 149 cm³/mol. The lowest BCUT2D eigenvalue weighted by Gasteiger charge is -2.42. The van der Waals surface area contributed by atoms with E-state index in [-0.39, 0.29) is 7.92 Å². The van der Waals surface area contributed by atoms with Gasteiger partial charge in [0.1, 0.15) is 0 Å². The Morgan fingerprint density at radius 2 is 1.47 bits per heavy atom. The van der Waals surface area contributed by atoms with Gasteiger partial charge in [-0.1, -0.05) is 95.8 Å². The fourth-order valence-corrected chi connectivity index (χ4v) is 11.8. The molecule has 1 fully saturated rings. The van der Waals surface area contributed by atoms with E-state index in [1.54, 1.807) is 0 Å². The summed E-state index contributed by atoms with van der Waals surface area (Å²) >= 11 is 0. The van der Waals surface area contributed by atoms with Crippen LogP contribution >= 0.6 is 15.8 Å². The molecule has 0 N–H and O–H groups in total. The lowest BCUT2D eigenvalue weighted by molar-refractivity contribution is 0.174. The van der Waals surface area contributed by atoms with E-state index in [9.17, 15) is 0 Å². The first kappa shape index (κ1) is 23.8. The summed E-state index contributed by atoms with van der Waals surface area (Å²) in [6, 6.07) is 26.6. The van der Waals surface area contributed by atoms with E-state index in [0.717, 1.165) is 34.9 Å². The van der Waals surface area contributed by atoms with Crippen LogP contribution in [0.15, 0.2) is 72.8 Å². The van der Waals surface area contributed by atoms with Crippen LogP contribution in [0.1, 0.15) is 40.0 Å². The molecule has 3 aromatic carbocycles. The number of hydrogen-bond acceptors (Lipinski definition) is 2. The topological polar surface area (TPSA) is 18.5 Å². The van der Waals surface area contributed by atoms with Gasteiger partial charge in [0.2, 0.25) is 6.79 Å². The van der Waals surface area contributed by atoms with Gasteiger partial charge >= 0.3 is 0 Å². The number of rotatable bonds is 6. The second-order valence-corrected chi connectivity index (χ2v) is 14.7. The lowest BCUT2D eigenvalue weighted by Crippen LogP contribution is -2.37. The molecule has 0 bridgehead atoms. The second kappa shape index (κ2) is 10.4. The maximum absolute atomic E-state index is 6.23. The zero-order valence-corrected chi connectivity index (χ0v) is 22.6. The van der Waals surface area contributed by atoms with E-state index in [1.165, 1.54) is 40.5 Å². The summed E-state index contributed by atoms with van der Waals surface area (Å²) in [4.78, 5) is 0. The fourth-order valence-electron chi connectivity index (χ4n) is 5.79. The Hall–Kier alpha value is -1.88. The van der Waals surface area contributed by atoms with Gasteiger partial charge in [-0.2, -0.15) is 0 Å². The standard InChI is InChI=1S/C30H36O2P2/c1-21(2)25-16-15-22(3)19-28(25)33(4)27-18-17-26-29(32-20-31-26)30(27)34(23-11-7-5-8-12-23)24-13-9-6-10-14-24/h5-14,17-18,21-22,25,28H,15-16,19-20H2,1-4H3/t22-,25?,28?,33?/m1/s1. The van der Waals surface area contributed by atoms with E-state index in [1.807, 2.05) is 0 Å². The van der Waals surface area contributed by atoms with Crippen molar-refractivity contribution in [2.75, 3.05) is 13.5 Å². The third-order valence-corrected chi connectivity index (χ3v) is 13.0. The smallest absolute Gasteiger partial charge is 0.231 e. The van der Waals surface area contributed by atoms with E-state index in [2.05, 4.69) is 100 Å². The quantitative estimate of drug-likeness (QED) is 0.374. The predicted octanol–water partition coefficient (Wildman–Crippen LogP) is 6.37. The molecule has 2 aliphatic rings. The van der Waals surface area contributed by atoms with Crippen molar-refractivity contribution in [3.8, 4) is 11.5 Å². The van der Waals surface area contributed by atoms with E-state index in [4.69, 9.17) is 9.47 Å². The minimum Gasteiger partial charge on any atom is -0.454 e. The summed E-state index contributed by atoms with van der Waals surface area (Å²) in [5.74, 6) is 4.22. The van der Waals surface area contributed by atoms with Gasteiger partial charge in [-0.25, -0.2) is 0 Å². The number of ether oxygens (including phenoxy) is 2. The second-order valence-electron chi connectivity index (χ2n) is 10.2. The lowest BCUT2D eigenvalue weighted by atomic mass is 9.77. The van der Waals surface area contributed by atoms with Crippen molar-refractivity contribution in [3.63, 3.8) is 0 Å². The SMILES string of the molecule is CC(C)C1CC[C@@H](C)CC1P(C)c1ccc2c(c1P(c1ccccc1)c1ccccc1)OCO2. The van der Waals surface area contributed by atoms with Crippen molar-refractivity contribution in [3.05, 3.63) is 72.8 Å². The maximum Gasteiger partial charge on any atom is 0.231 e. The number of fused-ring (bicyclic) bond motifs is 1. The average molecular weight is 491 g/mol. The molecular weight excluding hydrogens is 454 g/mol. The minimum absolute atomic E-state index is 0.315. The Morgan fingerprint density at radius 1 is 0.824 bits per heavy atom. The molecule has 1 aliphatic carbocycles.